The molecule has 0 heterocycles. The van der Waals surface area contributed by atoms with Crippen LogP contribution in [0.15, 0.2) is 21.5 Å². The van der Waals surface area contributed by atoms with Gasteiger partial charge in [-0.15, -0.1) is 12.3 Å². The number of nitrogen functional groups attached to an aromatic ring is 1. The summed E-state index contributed by atoms with van der Waals surface area (Å²) in [5.74, 6) is 2.61. The van der Waals surface area contributed by atoms with Crippen molar-refractivity contribution >= 4 is 31.6 Å². The van der Waals surface area contributed by atoms with Crippen molar-refractivity contribution in [3.63, 3.8) is 0 Å². The van der Waals surface area contributed by atoms with Gasteiger partial charge in [0.15, 0.2) is 0 Å². The van der Waals surface area contributed by atoms with Crippen LogP contribution in [0, 0.1) is 12.3 Å². The molecule has 7 heteroatoms. The molecule has 1 rings (SSSR count). The Hall–Kier alpha value is -1.23. The van der Waals surface area contributed by atoms with Gasteiger partial charge in [0.05, 0.1) is 7.11 Å². The number of ether oxygens (including phenoxy) is 1. The van der Waals surface area contributed by atoms with E-state index in [0.717, 1.165) is 0 Å². The average molecular weight is 347 g/mol. The fourth-order valence-corrected chi connectivity index (χ4v) is 3.22. The maximum Gasteiger partial charge on any atom is 0.244 e. The minimum absolute atomic E-state index is 0.0143. The first kappa shape index (κ1) is 15.8. The SMILES string of the molecule is C#CCC(C)NS(=O)(=O)c1cc(N)c(Br)cc1OC. The van der Waals surface area contributed by atoms with Gasteiger partial charge in [-0.1, -0.05) is 0 Å². The molecule has 5 nitrogen and oxygen atoms in total. The number of nitrogens with one attached hydrogen (secondary N) is 1. The van der Waals surface area contributed by atoms with Crippen molar-refractivity contribution in [3.8, 4) is 18.1 Å². The maximum absolute atomic E-state index is 12.2. The van der Waals surface area contributed by atoms with Crippen molar-refractivity contribution in [2.24, 2.45) is 0 Å². The molecule has 0 aliphatic rings. The molecule has 0 aromatic heterocycles. The van der Waals surface area contributed by atoms with Crippen molar-refractivity contribution in [3.05, 3.63) is 16.6 Å². The number of nitrogens with two attached hydrogens (primary N) is 1. The Bertz CT molecular complexity index is 608. The number of hydrogen-bond donors (Lipinski definition) is 2. The molecule has 0 saturated heterocycles. The van der Waals surface area contributed by atoms with E-state index in [9.17, 15) is 8.42 Å². The standard InChI is InChI=1S/C12H15BrN2O3S/c1-4-5-8(2)15-19(16,17)12-7-10(14)9(13)6-11(12)18-3/h1,6-8,15H,5,14H2,2-3H3. The predicted molar refractivity (Wildman–Crippen MR) is 78.3 cm³/mol. The second-order valence-electron chi connectivity index (χ2n) is 3.96. The number of halogens is 1. The lowest BCUT2D eigenvalue weighted by Crippen LogP contribution is -2.32. The highest BCUT2D eigenvalue weighted by atomic mass is 79.9. The summed E-state index contributed by atoms with van der Waals surface area (Å²) in [6.07, 6.45) is 5.45. The Morgan fingerprint density at radius 2 is 2.21 bits per heavy atom. The average Bonchev–Trinajstić information content (AvgIpc) is 2.31. The summed E-state index contributed by atoms with van der Waals surface area (Å²) in [6, 6.07) is 2.48. The molecule has 0 saturated carbocycles. The van der Waals surface area contributed by atoms with Crippen LogP contribution in [0.2, 0.25) is 0 Å². The Kier molecular flexibility index (Phi) is 5.23. The number of methoxy groups -OCH3 is 1. The van der Waals surface area contributed by atoms with E-state index in [2.05, 4.69) is 26.6 Å². The summed E-state index contributed by atoms with van der Waals surface area (Å²) in [6.45, 7) is 1.69. The highest BCUT2D eigenvalue weighted by molar-refractivity contribution is 9.10. The third-order valence-corrected chi connectivity index (χ3v) is 4.65. The second-order valence-corrected chi connectivity index (χ2v) is 6.49. The molecule has 0 amide bonds. The zero-order valence-electron chi connectivity index (χ0n) is 10.6. The summed E-state index contributed by atoms with van der Waals surface area (Å²) >= 11 is 3.22. The molecule has 1 unspecified atom stereocenters. The van der Waals surface area contributed by atoms with Crippen LogP contribution < -0.4 is 15.2 Å². The zero-order chi connectivity index (χ0) is 14.6. The summed E-state index contributed by atoms with van der Waals surface area (Å²) in [5, 5.41) is 0. The Morgan fingerprint density at radius 3 is 2.74 bits per heavy atom. The van der Waals surface area contributed by atoms with Crippen LogP contribution in [-0.2, 0) is 10.0 Å². The summed E-state index contributed by atoms with van der Waals surface area (Å²) in [4.78, 5) is -0.0143. The van der Waals surface area contributed by atoms with E-state index in [-0.39, 0.29) is 16.7 Å². The quantitative estimate of drug-likeness (QED) is 0.628. The highest BCUT2D eigenvalue weighted by Gasteiger charge is 2.22. The molecule has 1 atom stereocenters. The van der Waals surface area contributed by atoms with Gasteiger partial charge in [-0.3, -0.25) is 0 Å². The van der Waals surface area contributed by atoms with Crippen LogP contribution in [0.4, 0.5) is 5.69 Å². The van der Waals surface area contributed by atoms with Crippen LogP contribution in [0.1, 0.15) is 13.3 Å². The van der Waals surface area contributed by atoms with Gasteiger partial charge in [-0.2, -0.15) is 0 Å². The lowest BCUT2D eigenvalue weighted by atomic mass is 10.3. The molecule has 104 valence electrons. The fourth-order valence-electron chi connectivity index (χ4n) is 1.47. The fraction of sp³-hybridized carbons (Fsp3) is 0.333. The Morgan fingerprint density at radius 1 is 1.58 bits per heavy atom. The monoisotopic (exact) mass is 346 g/mol. The van der Waals surface area contributed by atoms with E-state index in [1.807, 2.05) is 0 Å². The zero-order valence-corrected chi connectivity index (χ0v) is 13.0. The normalized spacial score (nSPS) is 12.7. The van der Waals surface area contributed by atoms with E-state index in [1.165, 1.54) is 19.2 Å². The van der Waals surface area contributed by atoms with E-state index in [4.69, 9.17) is 16.9 Å². The predicted octanol–water partition coefficient (Wildman–Crippen LogP) is 1.73. The van der Waals surface area contributed by atoms with Gasteiger partial charge in [0, 0.05) is 22.6 Å². The van der Waals surface area contributed by atoms with Gasteiger partial charge < -0.3 is 10.5 Å². The number of benzene rings is 1. The van der Waals surface area contributed by atoms with Gasteiger partial charge in [0.25, 0.3) is 0 Å². The molecule has 1 aromatic rings. The second kappa shape index (κ2) is 6.28. The lowest BCUT2D eigenvalue weighted by Gasteiger charge is -2.15. The molecule has 0 spiro atoms. The molecule has 0 aliphatic heterocycles. The number of sulfonamides is 1. The van der Waals surface area contributed by atoms with Gasteiger partial charge in [-0.05, 0) is 35.0 Å². The van der Waals surface area contributed by atoms with Crippen LogP contribution in [0.5, 0.6) is 5.75 Å². The smallest absolute Gasteiger partial charge is 0.244 e. The molecule has 19 heavy (non-hydrogen) atoms. The minimum atomic E-state index is -3.74. The van der Waals surface area contributed by atoms with Crippen LogP contribution in [0.3, 0.4) is 0 Å². The van der Waals surface area contributed by atoms with Gasteiger partial charge >= 0.3 is 0 Å². The largest absolute Gasteiger partial charge is 0.495 e. The molecular formula is C12H15BrN2O3S. The Balaban J connectivity index is 3.21. The van der Waals surface area contributed by atoms with E-state index in [1.54, 1.807) is 6.92 Å². The van der Waals surface area contributed by atoms with Crippen molar-refractivity contribution in [2.75, 3.05) is 12.8 Å². The molecule has 0 fully saturated rings. The van der Waals surface area contributed by atoms with Crippen molar-refractivity contribution in [1.29, 1.82) is 0 Å². The van der Waals surface area contributed by atoms with Gasteiger partial charge in [0.1, 0.15) is 10.6 Å². The third kappa shape index (κ3) is 3.86. The molecule has 3 N–H and O–H groups in total. The number of rotatable bonds is 5. The van der Waals surface area contributed by atoms with Crippen molar-refractivity contribution in [1.82, 2.24) is 4.72 Å². The van der Waals surface area contributed by atoms with Crippen molar-refractivity contribution < 1.29 is 13.2 Å². The summed E-state index contributed by atoms with van der Waals surface area (Å²) in [5.41, 5.74) is 6.01. The highest BCUT2D eigenvalue weighted by Crippen LogP contribution is 2.32. The molecule has 0 radical (unpaired) electrons. The molecule has 0 aliphatic carbocycles. The first-order valence-electron chi connectivity index (χ1n) is 5.40. The third-order valence-electron chi connectivity index (χ3n) is 2.35. The number of hydrogen-bond acceptors (Lipinski definition) is 4. The van der Waals surface area contributed by atoms with E-state index >= 15 is 0 Å². The van der Waals surface area contributed by atoms with Gasteiger partial charge in [-0.25, -0.2) is 13.1 Å². The van der Waals surface area contributed by atoms with E-state index < -0.39 is 10.0 Å². The Labute approximate surface area is 121 Å². The van der Waals surface area contributed by atoms with Crippen LogP contribution in [-0.4, -0.2) is 21.6 Å². The first-order valence-corrected chi connectivity index (χ1v) is 7.68. The first-order chi connectivity index (χ1) is 8.81. The summed E-state index contributed by atoms with van der Waals surface area (Å²) < 4.78 is 32.6. The lowest BCUT2D eigenvalue weighted by molar-refractivity contribution is 0.402. The molecule has 0 bridgehead atoms. The number of anilines is 1. The van der Waals surface area contributed by atoms with E-state index in [0.29, 0.717) is 16.6 Å². The minimum Gasteiger partial charge on any atom is -0.495 e. The van der Waals surface area contributed by atoms with Crippen LogP contribution in [0.25, 0.3) is 0 Å². The summed E-state index contributed by atoms with van der Waals surface area (Å²) in [7, 11) is -2.34. The topological polar surface area (TPSA) is 81.4 Å². The maximum atomic E-state index is 12.2. The van der Waals surface area contributed by atoms with Gasteiger partial charge in [0.2, 0.25) is 10.0 Å². The van der Waals surface area contributed by atoms with Crippen molar-refractivity contribution in [2.45, 2.75) is 24.3 Å². The molecule has 1 aromatic carbocycles. The number of terminal acetylenes is 1. The molecular weight excluding hydrogens is 332 g/mol. The van der Waals surface area contributed by atoms with Crippen LogP contribution >= 0.6 is 15.9 Å².